The smallest absolute Gasteiger partial charge is 0.230 e. The van der Waals surface area contributed by atoms with Crippen molar-refractivity contribution < 1.29 is 0 Å². The number of hydrogen-bond acceptors (Lipinski definition) is 9. The second kappa shape index (κ2) is 10.8. The highest BCUT2D eigenvalue weighted by Crippen LogP contribution is 2.29. The van der Waals surface area contributed by atoms with E-state index in [-0.39, 0.29) is 12.1 Å². The molecular formula is C28H39N11. The number of aromatic nitrogens is 6. The van der Waals surface area contributed by atoms with Crippen molar-refractivity contribution in [3.63, 3.8) is 0 Å². The number of anilines is 3. The van der Waals surface area contributed by atoms with Crippen LogP contribution in [0.5, 0.6) is 0 Å². The molecule has 2 aliphatic rings. The van der Waals surface area contributed by atoms with E-state index in [1.807, 2.05) is 21.6 Å². The van der Waals surface area contributed by atoms with Gasteiger partial charge in [-0.25, -0.2) is 4.68 Å². The number of rotatable bonds is 7. The Hall–Kier alpha value is -3.70. The van der Waals surface area contributed by atoms with Gasteiger partial charge in [-0.05, 0) is 37.3 Å². The maximum absolute atomic E-state index is 6.17. The molecule has 1 atom stereocenters. The Kier molecular flexibility index (Phi) is 7.09. The van der Waals surface area contributed by atoms with Crippen LogP contribution in [0.1, 0.15) is 56.7 Å². The third-order valence-corrected chi connectivity index (χ3v) is 7.87. The molecule has 0 unspecified atom stereocenters. The lowest BCUT2D eigenvalue weighted by Crippen LogP contribution is -2.43. The van der Waals surface area contributed by atoms with Crippen molar-refractivity contribution in [1.82, 2.24) is 34.7 Å². The van der Waals surface area contributed by atoms with Crippen LogP contribution in [0.4, 0.5) is 17.6 Å². The fraction of sp³-hybridized carbons (Fsp3) is 0.500. The lowest BCUT2D eigenvalue weighted by Gasteiger charge is -2.30. The molecule has 0 spiro atoms. The summed E-state index contributed by atoms with van der Waals surface area (Å²) in [4.78, 5) is 14.6. The number of piperazine rings is 1. The second-order valence-corrected chi connectivity index (χ2v) is 11.0. The van der Waals surface area contributed by atoms with E-state index in [2.05, 4.69) is 76.8 Å². The molecule has 2 aliphatic heterocycles. The van der Waals surface area contributed by atoms with Crippen molar-refractivity contribution in [3.05, 3.63) is 54.0 Å². The van der Waals surface area contributed by atoms with Gasteiger partial charge in [0.15, 0.2) is 5.65 Å². The summed E-state index contributed by atoms with van der Waals surface area (Å²) >= 11 is 0. The molecule has 2 fully saturated rings. The number of nitrogens with zero attached hydrogens (tertiary/aromatic N) is 8. The van der Waals surface area contributed by atoms with Crippen molar-refractivity contribution in [2.75, 3.05) is 54.4 Å². The summed E-state index contributed by atoms with van der Waals surface area (Å²) in [6.45, 7) is 12.2. The van der Waals surface area contributed by atoms with Crippen LogP contribution >= 0.6 is 0 Å². The van der Waals surface area contributed by atoms with Gasteiger partial charge in [0, 0.05) is 50.9 Å². The van der Waals surface area contributed by atoms with Gasteiger partial charge in [-0.3, -0.25) is 0 Å². The van der Waals surface area contributed by atoms with Crippen molar-refractivity contribution in [1.29, 1.82) is 0 Å². The Morgan fingerprint density at radius 2 is 1.69 bits per heavy atom. The Bertz CT molecular complexity index is 1410. The molecule has 2 saturated heterocycles. The highest BCUT2D eigenvalue weighted by Gasteiger charge is 2.23. The van der Waals surface area contributed by atoms with E-state index in [0.717, 1.165) is 86.2 Å². The van der Waals surface area contributed by atoms with E-state index in [4.69, 9.17) is 20.8 Å². The molecule has 11 heteroatoms. The van der Waals surface area contributed by atoms with Crippen molar-refractivity contribution in [3.8, 4) is 5.69 Å². The molecule has 5 heterocycles. The summed E-state index contributed by atoms with van der Waals surface area (Å²) in [6, 6.07) is 8.58. The predicted molar refractivity (Wildman–Crippen MR) is 155 cm³/mol. The zero-order valence-electron chi connectivity index (χ0n) is 23.1. The van der Waals surface area contributed by atoms with Crippen LogP contribution < -0.4 is 26.2 Å². The Morgan fingerprint density at radius 3 is 2.46 bits per heavy atom. The van der Waals surface area contributed by atoms with Crippen LogP contribution in [-0.4, -0.2) is 74.7 Å². The molecule has 0 aliphatic carbocycles. The van der Waals surface area contributed by atoms with E-state index in [1.54, 1.807) is 0 Å². The average Bonchev–Trinajstić information content (AvgIpc) is 3.62. The second-order valence-electron chi connectivity index (χ2n) is 11.0. The van der Waals surface area contributed by atoms with Crippen molar-refractivity contribution >= 4 is 23.2 Å². The third-order valence-electron chi connectivity index (χ3n) is 7.87. The SMILES string of the molecule is CC(C)c1cnn2c(N[C@@H](C)c3ccccc3-n3cc(N4CCNCC4)cn3)nc(N3CCC(N)CC3)nc12. The molecule has 0 bridgehead atoms. The largest absolute Gasteiger partial charge is 0.366 e. The zero-order chi connectivity index (χ0) is 26.9. The number of nitrogens with two attached hydrogens (primary N) is 1. The molecule has 0 saturated carbocycles. The summed E-state index contributed by atoms with van der Waals surface area (Å²) < 4.78 is 3.82. The summed E-state index contributed by atoms with van der Waals surface area (Å²) in [7, 11) is 0. The maximum Gasteiger partial charge on any atom is 0.230 e. The Labute approximate surface area is 229 Å². The standard InChI is InChI=1S/C28H39N11/c1-19(2)24-17-32-39-26(24)34-27(37-12-8-21(29)9-13-37)35-28(39)33-20(3)23-6-4-5-7-25(23)38-18-22(16-31-38)36-14-10-30-11-15-36/h4-7,16-21,30H,8-15,29H2,1-3H3,(H,33,34,35)/t20-/m0/s1. The van der Waals surface area contributed by atoms with Gasteiger partial charge in [-0.15, -0.1) is 0 Å². The van der Waals surface area contributed by atoms with Gasteiger partial charge in [-0.2, -0.15) is 24.7 Å². The number of nitrogens with one attached hydrogen (secondary N) is 2. The molecule has 4 N–H and O–H groups in total. The van der Waals surface area contributed by atoms with E-state index < -0.39 is 0 Å². The summed E-state index contributed by atoms with van der Waals surface area (Å²) in [5.41, 5.74) is 11.4. The van der Waals surface area contributed by atoms with E-state index in [9.17, 15) is 0 Å². The van der Waals surface area contributed by atoms with Crippen molar-refractivity contribution in [2.45, 2.75) is 51.6 Å². The summed E-state index contributed by atoms with van der Waals surface area (Å²) in [5.74, 6) is 1.71. The quantitative estimate of drug-likeness (QED) is 0.332. The highest BCUT2D eigenvalue weighted by molar-refractivity contribution is 5.57. The fourth-order valence-electron chi connectivity index (χ4n) is 5.49. The van der Waals surface area contributed by atoms with Gasteiger partial charge in [0.05, 0.1) is 36.0 Å². The van der Waals surface area contributed by atoms with Gasteiger partial charge in [0.25, 0.3) is 0 Å². The number of hydrogen-bond donors (Lipinski definition) is 3. The van der Waals surface area contributed by atoms with Gasteiger partial charge in [-0.1, -0.05) is 32.0 Å². The molecule has 11 nitrogen and oxygen atoms in total. The number of para-hydroxylation sites is 1. The average molecular weight is 530 g/mol. The van der Waals surface area contributed by atoms with Gasteiger partial charge in [0.2, 0.25) is 11.9 Å². The van der Waals surface area contributed by atoms with E-state index in [0.29, 0.717) is 11.9 Å². The number of piperidine rings is 1. The predicted octanol–water partition coefficient (Wildman–Crippen LogP) is 2.94. The Balaban J connectivity index is 1.32. The molecule has 3 aromatic heterocycles. The molecule has 39 heavy (non-hydrogen) atoms. The van der Waals surface area contributed by atoms with E-state index in [1.165, 1.54) is 0 Å². The maximum atomic E-state index is 6.17. The van der Waals surface area contributed by atoms with Crippen LogP contribution in [-0.2, 0) is 0 Å². The first kappa shape index (κ1) is 25.6. The van der Waals surface area contributed by atoms with Gasteiger partial charge < -0.3 is 26.2 Å². The first-order chi connectivity index (χ1) is 19.0. The highest BCUT2D eigenvalue weighted by atomic mass is 15.4. The number of benzene rings is 1. The minimum atomic E-state index is -0.0551. The topological polar surface area (TPSA) is 117 Å². The number of fused-ring (bicyclic) bond motifs is 1. The normalized spacial score (nSPS) is 17.8. The van der Waals surface area contributed by atoms with Crippen LogP contribution in [0.15, 0.2) is 42.9 Å². The fourth-order valence-corrected chi connectivity index (χ4v) is 5.49. The molecule has 0 radical (unpaired) electrons. The van der Waals surface area contributed by atoms with Crippen molar-refractivity contribution in [2.24, 2.45) is 5.73 Å². The van der Waals surface area contributed by atoms with Crippen LogP contribution in [0.2, 0.25) is 0 Å². The van der Waals surface area contributed by atoms with Gasteiger partial charge >= 0.3 is 0 Å². The molecule has 206 valence electrons. The van der Waals surface area contributed by atoms with Crippen LogP contribution in [0, 0.1) is 0 Å². The lowest BCUT2D eigenvalue weighted by atomic mass is 10.1. The Morgan fingerprint density at radius 1 is 0.923 bits per heavy atom. The first-order valence-electron chi connectivity index (χ1n) is 14.1. The minimum Gasteiger partial charge on any atom is -0.366 e. The first-order valence-corrected chi connectivity index (χ1v) is 14.1. The molecule has 6 rings (SSSR count). The molecule has 4 aromatic rings. The van der Waals surface area contributed by atoms with Crippen LogP contribution in [0.25, 0.3) is 11.3 Å². The minimum absolute atomic E-state index is 0.0551. The van der Waals surface area contributed by atoms with Crippen LogP contribution in [0.3, 0.4) is 0 Å². The monoisotopic (exact) mass is 529 g/mol. The summed E-state index contributed by atoms with van der Waals surface area (Å²) in [5, 5.41) is 16.5. The summed E-state index contributed by atoms with van der Waals surface area (Å²) in [6.07, 6.45) is 7.88. The molecule has 0 amide bonds. The van der Waals surface area contributed by atoms with E-state index >= 15 is 0 Å². The molecule has 1 aromatic carbocycles. The molecular weight excluding hydrogens is 490 g/mol. The van der Waals surface area contributed by atoms with Gasteiger partial charge in [0.1, 0.15) is 0 Å². The lowest BCUT2D eigenvalue weighted by molar-refractivity contribution is 0.495. The zero-order valence-corrected chi connectivity index (χ0v) is 23.1. The third kappa shape index (κ3) is 5.16.